The lowest BCUT2D eigenvalue weighted by atomic mass is 10.3. The summed E-state index contributed by atoms with van der Waals surface area (Å²) in [6, 6.07) is 3.30. The van der Waals surface area contributed by atoms with Crippen LogP contribution in [-0.2, 0) is 14.8 Å². The molecule has 108 valence electrons. The molecule has 9 heteroatoms. The van der Waals surface area contributed by atoms with Crippen molar-refractivity contribution in [3.8, 4) is 0 Å². The minimum atomic E-state index is -3.82. The molecular formula is C11H12N2O4S3. The van der Waals surface area contributed by atoms with Gasteiger partial charge in [-0.05, 0) is 18.4 Å². The zero-order chi connectivity index (χ0) is 14.8. The van der Waals surface area contributed by atoms with Gasteiger partial charge in [0.2, 0.25) is 0 Å². The van der Waals surface area contributed by atoms with Crippen molar-refractivity contribution >= 4 is 38.7 Å². The maximum absolute atomic E-state index is 12.3. The Kier molecular flexibility index (Phi) is 4.53. The number of rotatable bonds is 5. The second-order valence-electron chi connectivity index (χ2n) is 3.84. The van der Waals surface area contributed by atoms with Gasteiger partial charge in [0.15, 0.2) is 9.90 Å². The Morgan fingerprint density at radius 3 is 2.80 bits per heavy atom. The molecule has 20 heavy (non-hydrogen) atoms. The molecule has 0 saturated carbocycles. The van der Waals surface area contributed by atoms with Crippen LogP contribution in [0.4, 0.5) is 0 Å². The van der Waals surface area contributed by atoms with Crippen molar-refractivity contribution in [1.82, 2.24) is 9.71 Å². The van der Waals surface area contributed by atoms with Gasteiger partial charge in [0.05, 0.1) is 18.7 Å². The zero-order valence-corrected chi connectivity index (χ0v) is 13.1. The molecule has 1 atom stereocenters. The van der Waals surface area contributed by atoms with Crippen molar-refractivity contribution in [2.45, 2.75) is 17.2 Å². The molecule has 0 spiro atoms. The Morgan fingerprint density at radius 1 is 1.45 bits per heavy atom. The highest BCUT2D eigenvalue weighted by atomic mass is 32.2. The largest absolute Gasteiger partial charge is 0.464 e. The van der Waals surface area contributed by atoms with Gasteiger partial charge in [0.25, 0.3) is 10.0 Å². The van der Waals surface area contributed by atoms with Gasteiger partial charge in [0.1, 0.15) is 0 Å². The van der Waals surface area contributed by atoms with E-state index in [1.54, 1.807) is 6.92 Å². The molecular weight excluding hydrogens is 320 g/mol. The second-order valence-corrected chi connectivity index (χ2v) is 7.58. The number of sulfonamides is 1. The first-order valence-corrected chi connectivity index (χ1v) is 8.77. The summed E-state index contributed by atoms with van der Waals surface area (Å²) < 4.78 is 31.5. The van der Waals surface area contributed by atoms with E-state index in [1.165, 1.54) is 24.0 Å². The van der Waals surface area contributed by atoms with Gasteiger partial charge in [-0.1, -0.05) is 6.07 Å². The number of aromatic nitrogens is 1. The summed E-state index contributed by atoms with van der Waals surface area (Å²) in [7, 11) is -2.64. The zero-order valence-electron chi connectivity index (χ0n) is 10.7. The molecule has 2 rings (SSSR count). The fraction of sp³-hybridized carbons (Fsp3) is 0.273. The average molecular weight is 332 g/mol. The molecule has 1 unspecified atom stereocenters. The monoisotopic (exact) mass is 332 g/mol. The van der Waals surface area contributed by atoms with Crippen LogP contribution in [-0.4, -0.2) is 26.5 Å². The third kappa shape index (κ3) is 3.06. The van der Waals surface area contributed by atoms with E-state index in [0.717, 1.165) is 16.2 Å². The number of nitrogens with zero attached hydrogens (tertiary/aromatic N) is 1. The van der Waals surface area contributed by atoms with Crippen LogP contribution in [0.5, 0.6) is 0 Å². The number of nitrogens with one attached hydrogen (secondary N) is 1. The Labute approximate surface area is 124 Å². The fourth-order valence-corrected chi connectivity index (χ4v) is 4.72. The molecule has 0 radical (unpaired) electrons. The minimum Gasteiger partial charge on any atom is -0.464 e. The third-order valence-electron chi connectivity index (χ3n) is 2.46. The van der Waals surface area contributed by atoms with E-state index in [1.807, 2.05) is 17.5 Å². The smallest absolute Gasteiger partial charge is 0.358 e. The van der Waals surface area contributed by atoms with Crippen LogP contribution in [0.15, 0.2) is 27.2 Å². The normalized spacial score (nSPS) is 13.1. The quantitative estimate of drug-likeness (QED) is 0.847. The number of carbonyl (C=O) groups excluding carboxylic acids is 1. The highest BCUT2D eigenvalue weighted by molar-refractivity contribution is 7.91. The van der Waals surface area contributed by atoms with E-state index in [2.05, 4.69) is 14.4 Å². The van der Waals surface area contributed by atoms with E-state index in [9.17, 15) is 13.2 Å². The summed E-state index contributed by atoms with van der Waals surface area (Å²) in [5, 5.41) is 1.87. The molecule has 0 fully saturated rings. The maximum atomic E-state index is 12.3. The second kappa shape index (κ2) is 6.00. The number of carbonyl (C=O) groups is 1. The predicted molar refractivity (Wildman–Crippen MR) is 76.5 cm³/mol. The van der Waals surface area contributed by atoms with E-state index in [4.69, 9.17) is 0 Å². The third-order valence-corrected chi connectivity index (χ3v) is 6.43. The van der Waals surface area contributed by atoms with Gasteiger partial charge in [0, 0.05) is 4.88 Å². The lowest BCUT2D eigenvalue weighted by Gasteiger charge is -2.12. The highest BCUT2D eigenvalue weighted by Gasteiger charge is 2.28. The summed E-state index contributed by atoms with van der Waals surface area (Å²) in [6.45, 7) is 1.74. The van der Waals surface area contributed by atoms with Crippen molar-refractivity contribution in [2.24, 2.45) is 0 Å². The molecule has 0 aliphatic heterocycles. The van der Waals surface area contributed by atoms with Gasteiger partial charge >= 0.3 is 5.97 Å². The number of hydrogen-bond donors (Lipinski definition) is 1. The lowest BCUT2D eigenvalue weighted by Crippen LogP contribution is -2.27. The molecule has 0 amide bonds. The Morgan fingerprint density at radius 2 is 2.20 bits per heavy atom. The first kappa shape index (κ1) is 15.1. The number of esters is 1. The number of methoxy groups -OCH3 is 1. The SMILES string of the molecule is COC(=O)c1ncsc1S(=O)(=O)NC(C)c1cccs1. The number of thiazole rings is 1. The Balaban J connectivity index is 2.27. The predicted octanol–water partition coefficient (Wildman–Crippen LogP) is 2.03. The van der Waals surface area contributed by atoms with E-state index in [0.29, 0.717) is 0 Å². The van der Waals surface area contributed by atoms with Gasteiger partial charge < -0.3 is 4.74 Å². The minimum absolute atomic E-state index is 0.132. The van der Waals surface area contributed by atoms with Crippen molar-refractivity contribution in [3.63, 3.8) is 0 Å². The summed E-state index contributed by atoms with van der Waals surface area (Å²) in [4.78, 5) is 16.1. The number of thiophene rings is 1. The molecule has 1 N–H and O–H groups in total. The molecule has 0 saturated heterocycles. The lowest BCUT2D eigenvalue weighted by molar-refractivity contribution is 0.0590. The van der Waals surface area contributed by atoms with Crippen LogP contribution in [0, 0.1) is 0 Å². The summed E-state index contributed by atoms with van der Waals surface area (Å²) >= 11 is 2.33. The van der Waals surface area contributed by atoms with Crippen molar-refractivity contribution in [1.29, 1.82) is 0 Å². The van der Waals surface area contributed by atoms with Crippen LogP contribution in [0.3, 0.4) is 0 Å². The standard InChI is InChI=1S/C11H12N2O4S3/c1-7(8-4-3-5-18-8)13-20(15,16)11-9(10(14)17-2)12-6-19-11/h3-7,13H,1-2H3. The van der Waals surface area contributed by atoms with Crippen LogP contribution < -0.4 is 4.72 Å². The Bertz CT molecular complexity index is 691. The summed E-state index contributed by atoms with van der Waals surface area (Å²) in [5.74, 6) is -0.768. The number of hydrogen-bond acceptors (Lipinski definition) is 7. The number of ether oxygens (including phenoxy) is 1. The van der Waals surface area contributed by atoms with E-state index >= 15 is 0 Å². The van der Waals surface area contributed by atoms with Crippen LogP contribution in [0.25, 0.3) is 0 Å². The summed E-state index contributed by atoms with van der Waals surface area (Å²) in [6.07, 6.45) is 0. The molecule has 0 aliphatic rings. The van der Waals surface area contributed by atoms with Gasteiger partial charge in [-0.25, -0.2) is 22.9 Å². The van der Waals surface area contributed by atoms with Gasteiger partial charge in [-0.3, -0.25) is 0 Å². The molecule has 2 heterocycles. The van der Waals surface area contributed by atoms with E-state index in [-0.39, 0.29) is 15.9 Å². The molecule has 0 bridgehead atoms. The molecule has 6 nitrogen and oxygen atoms in total. The van der Waals surface area contributed by atoms with Crippen LogP contribution >= 0.6 is 22.7 Å². The van der Waals surface area contributed by atoms with Crippen LogP contribution in [0.1, 0.15) is 28.3 Å². The highest BCUT2D eigenvalue weighted by Crippen LogP contribution is 2.25. The van der Waals surface area contributed by atoms with E-state index < -0.39 is 16.0 Å². The molecule has 0 aliphatic carbocycles. The summed E-state index contributed by atoms with van der Waals surface area (Å²) in [5.41, 5.74) is 1.11. The maximum Gasteiger partial charge on any atom is 0.358 e. The van der Waals surface area contributed by atoms with Gasteiger partial charge in [-0.15, -0.1) is 22.7 Å². The Hall–Kier alpha value is -1.29. The molecule has 2 aromatic rings. The first-order valence-electron chi connectivity index (χ1n) is 5.53. The molecule has 2 aromatic heterocycles. The molecule has 0 aromatic carbocycles. The fourth-order valence-electron chi connectivity index (χ4n) is 1.54. The van der Waals surface area contributed by atoms with Crippen LogP contribution in [0.2, 0.25) is 0 Å². The van der Waals surface area contributed by atoms with Crippen molar-refractivity contribution in [2.75, 3.05) is 7.11 Å². The first-order chi connectivity index (χ1) is 9.45. The average Bonchev–Trinajstić information content (AvgIpc) is 3.08. The van der Waals surface area contributed by atoms with Gasteiger partial charge in [-0.2, -0.15) is 0 Å². The van der Waals surface area contributed by atoms with Crippen molar-refractivity contribution < 1.29 is 17.9 Å². The van der Waals surface area contributed by atoms with Crippen molar-refractivity contribution in [3.05, 3.63) is 33.6 Å². The topological polar surface area (TPSA) is 85.4 Å².